The number of para-hydroxylation sites is 1. The molecule has 0 aliphatic carbocycles. The van der Waals surface area contributed by atoms with Crippen molar-refractivity contribution in [2.24, 2.45) is 0 Å². The Hall–Kier alpha value is -1.77. The molecule has 0 bridgehead atoms. The first-order chi connectivity index (χ1) is 7.86. The van der Waals surface area contributed by atoms with E-state index >= 15 is 0 Å². The topological polar surface area (TPSA) is 36.1 Å². The number of fused-ring (bicyclic) bond motifs is 1. The minimum absolute atomic E-state index is 0.244. The Morgan fingerprint density at radius 3 is 3.00 bits per heavy atom. The Labute approximate surface area is 94.1 Å². The molecular weight excluding hydrogens is 200 g/mol. The third-order valence-corrected chi connectivity index (χ3v) is 3.18. The average Bonchev–Trinajstić information content (AvgIpc) is 2.77. The highest BCUT2D eigenvalue weighted by molar-refractivity contribution is 6.02. The zero-order valence-electron chi connectivity index (χ0n) is 9.07. The van der Waals surface area contributed by atoms with Gasteiger partial charge >= 0.3 is 0 Å². The first kappa shape index (κ1) is 9.46. The molecule has 1 aromatic heterocycles. The highest BCUT2D eigenvalue weighted by Gasteiger charge is 2.21. The van der Waals surface area contributed by atoms with Crippen LogP contribution in [-0.4, -0.2) is 17.4 Å². The first-order valence-electron chi connectivity index (χ1n) is 5.73. The predicted octanol–water partition coefficient (Wildman–Crippen LogP) is 2.68. The van der Waals surface area contributed by atoms with E-state index in [9.17, 15) is 4.79 Å². The molecule has 1 aromatic carbocycles. The zero-order chi connectivity index (χ0) is 11.0. The molecule has 2 aromatic rings. The second kappa shape index (κ2) is 3.67. The third kappa shape index (κ3) is 1.40. The fourth-order valence-corrected chi connectivity index (χ4v) is 2.35. The fraction of sp³-hybridized carbons (Fsp3) is 0.308. The summed E-state index contributed by atoms with van der Waals surface area (Å²) in [6.45, 7) is 0.844. The van der Waals surface area contributed by atoms with E-state index in [2.05, 4.69) is 11.1 Å². The van der Waals surface area contributed by atoms with Crippen LogP contribution in [0.25, 0.3) is 10.9 Å². The van der Waals surface area contributed by atoms with Crippen LogP contribution in [0.3, 0.4) is 0 Å². The highest BCUT2D eigenvalue weighted by Crippen LogP contribution is 2.28. The summed E-state index contributed by atoms with van der Waals surface area (Å²) in [5.74, 6) is 0.244. The van der Waals surface area contributed by atoms with Gasteiger partial charge in [-0.15, -0.1) is 0 Å². The van der Waals surface area contributed by atoms with Crippen molar-refractivity contribution in [3.05, 3.63) is 30.5 Å². The maximum atomic E-state index is 11.9. The van der Waals surface area contributed by atoms with E-state index in [0.29, 0.717) is 6.42 Å². The lowest BCUT2D eigenvalue weighted by Gasteiger charge is -2.27. The molecule has 82 valence electrons. The van der Waals surface area contributed by atoms with Crippen LogP contribution in [0, 0.1) is 0 Å². The monoisotopic (exact) mass is 214 g/mol. The molecule has 1 aliphatic heterocycles. The van der Waals surface area contributed by atoms with Crippen molar-refractivity contribution in [3.8, 4) is 0 Å². The van der Waals surface area contributed by atoms with Gasteiger partial charge in [-0.3, -0.25) is 4.79 Å². The molecule has 3 rings (SSSR count). The summed E-state index contributed by atoms with van der Waals surface area (Å²) in [5.41, 5.74) is 2.09. The maximum Gasteiger partial charge on any atom is 0.227 e. The number of hydrogen-bond donors (Lipinski definition) is 1. The summed E-state index contributed by atoms with van der Waals surface area (Å²) < 4.78 is 0. The normalized spacial score (nSPS) is 17.0. The minimum atomic E-state index is 0.244. The van der Waals surface area contributed by atoms with Gasteiger partial charge in [-0.05, 0) is 25.0 Å². The number of amides is 1. The van der Waals surface area contributed by atoms with Crippen molar-refractivity contribution >= 4 is 22.5 Å². The number of benzene rings is 1. The van der Waals surface area contributed by atoms with Gasteiger partial charge < -0.3 is 9.88 Å². The lowest BCUT2D eigenvalue weighted by molar-refractivity contribution is -0.119. The highest BCUT2D eigenvalue weighted by atomic mass is 16.2. The molecule has 2 heterocycles. The number of hydrogen-bond acceptors (Lipinski definition) is 1. The molecule has 0 spiro atoms. The quantitative estimate of drug-likeness (QED) is 0.778. The molecule has 1 saturated heterocycles. The van der Waals surface area contributed by atoms with Crippen LogP contribution in [0.4, 0.5) is 5.69 Å². The molecule has 3 heteroatoms. The van der Waals surface area contributed by atoms with Crippen LogP contribution < -0.4 is 4.90 Å². The van der Waals surface area contributed by atoms with Crippen molar-refractivity contribution in [2.75, 3.05) is 11.4 Å². The molecule has 3 nitrogen and oxygen atoms in total. The summed E-state index contributed by atoms with van der Waals surface area (Å²) in [5, 5.41) is 1.16. The summed E-state index contributed by atoms with van der Waals surface area (Å²) >= 11 is 0. The Kier molecular flexibility index (Phi) is 2.17. The Morgan fingerprint density at radius 1 is 1.19 bits per heavy atom. The average molecular weight is 214 g/mol. The standard InChI is InChI=1S/C13H14N2O/c16-12-6-1-2-9-15(12)11-5-3-4-10-7-8-14-13(10)11/h3-5,7-8,14H,1-2,6,9H2. The van der Waals surface area contributed by atoms with Crippen molar-refractivity contribution in [1.82, 2.24) is 4.98 Å². The lowest BCUT2D eigenvalue weighted by atomic mass is 10.1. The predicted molar refractivity (Wildman–Crippen MR) is 64.5 cm³/mol. The second-order valence-corrected chi connectivity index (χ2v) is 4.22. The Balaban J connectivity index is 2.10. The molecule has 0 saturated carbocycles. The van der Waals surface area contributed by atoms with Crippen LogP contribution in [0.5, 0.6) is 0 Å². The molecule has 1 N–H and O–H groups in total. The van der Waals surface area contributed by atoms with E-state index < -0.39 is 0 Å². The number of carbonyl (C=O) groups is 1. The SMILES string of the molecule is O=C1CCCCN1c1cccc2cc[nH]c12. The van der Waals surface area contributed by atoms with Crippen LogP contribution in [0.1, 0.15) is 19.3 Å². The van der Waals surface area contributed by atoms with Gasteiger partial charge in [-0.1, -0.05) is 12.1 Å². The van der Waals surface area contributed by atoms with Crippen LogP contribution in [0.15, 0.2) is 30.5 Å². The largest absolute Gasteiger partial charge is 0.359 e. The maximum absolute atomic E-state index is 11.9. The zero-order valence-corrected chi connectivity index (χ0v) is 9.07. The van der Waals surface area contributed by atoms with Gasteiger partial charge in [0.1, 0.15) is 0 Å². The summed E-state index contributed by atoms with van der Waals surface area (Å²) in [6, 6.07) is 8.12. The van der Waals surface area contributed by atoms with E-state index in [4.69, 9.17) is 0 Å². The minimum Gasteiger partial charge on any atom is -0.359 e. The molecular formula is C13H14N2O. The number of nitrogens with one attached hydrogen (secondary N) is 1. The van der Waals surface area contributed by atoms with E-state index in [1.54, 1.807) is 0 Å². The number of nitrogens with zero attached hydrogens (tertiary/aromatic N) is 1. The number of anilines is 1. The van der Waals surface area contributed by atoms with Crippen molar-refractivity contribution in [1.29, 1.82) is 0 Å². The number of carbonyl (C=O) groups excluding carboxylic acids is 1. The van der Waals surface area contributed by atoms with E-state index in [-0.39, 0.29) is 5.91 Å². The van der Waals surface area contributed by atoms with Gasteiger partial charge in [-0.2, -0.15) is 0 Å². The third-order valence-electron chi connectivity index (χ3n) is 3.18. The lowest BCUT2D eigenvalue weighted by Crippen LogP contribution is -2.35. The molecule has 0 atom stereocenters. The number of aromatic nitrogens is 1. The molecule has 0 unspecified atom stereocenters. The summed E-state index contributed by atoms with van der Waals surface area (Å²) in [7, 11) is 0. The summed E-state index contributed by atoms with van der Waals surface area (Å²) in [4.78, 5) is 17.0. The van der Waals surface area contributed by atoms with Gasteiger partial charge in [0, 0.05) is 24.5 Å². The number of rotatable bonds is 1. The van der Waals surface area contributed by atoms with E-state index in [1.165, 1.54) is 0 Å². The van der Waals surface area contributed by atoms with Gasteiger partial charge in [-0.25, -0.2) is 0 Å². The first-order valence-corrected chi connectivity index (χ1v) is 5.73. The Bertz CT molecular complexity index is 529. The number of H-pyrrole nitrogens is 1. The number of piperidine rings is 1. The van der Waals surface area contributed by atoms with Crippen LogP contribution >= 0.6 is 0 Å². The van der Waals surface area contributed by atoms with Gasteiger partial charge in [0.2, 0.25) is 5.91 Å². The fourth-order valence-electron chi connectivity index (χ4n) is 2.35. The molecule has 1 fully saturated rings. The van der Waals surface area contributed by atoms with Crippen molar-refractivity contribution in [2.45, 2.75) is 19.3 Å². The van der Waals surface area contributed by atoms with Crippen LogP contribution in [0.2, 0.25) is 0 Å². The van der Waals surface area contributed by atoms with Gasteiger partial charge in [0.15, 0.2) is 0 Å². The van der Waals surface area contributed by atoms with Crippen LogP contribution in [-0.2, 0) is 4.79 Å². The molecule has 1 aliphatic rings. The van der Waals surface area contributed by atoms with Crippen molar-refractivity contribution in [3.63, 3.8) is 0 Å². The Morgan fingerprint density at radius 2 is 2.12 bits per heavy atom. The van der Waals surface area contributed by atoms with Gasteiger partial charge in [0.05, 0.1) is 11.2 Å². The van der Waals surface area contributed by atoms with E-state index in [0.717, 1.165) is 36.0 Å². The van der Waals surface area contributed by atoms with Gasteiger partial charge in [0.25, 0.3) is 0 Å². The number of aromatic amines is 1. The second-order valence-electron chi connectivity index (χ2n) is 4.22. The van der Waals surface area contributed by atoms with E-state index in [1.807, 2.05) is 29.3 Å². The smallest absolute Gasteiger partial charge is 0.227 e. The molecule has 1 amide bonds. The van der Waals surface area contributed by atoms with Crippen molar-refractivity contribution < 1.29 is 4.79 Å². The summed E-state index contributed by atoms with van der Waals surface area (Å²) in [6.07, 6.45) is 4.72. The molecule has 0 radical (unpaired) electrons. The molecule has 16 heavy (non-hydrogen) atoms.